The lowest BCUT2D eigenvalue weighted by Gasteiger charge is -2.16. The summed E-state index contributed by atoms with van der Waals surface area (Å²) in [5.74, 6) is -1.16. The van der Waals surface area contributed by atoms with Crippen molar-refractivity contribution in [2.24, 2.45) is 5.92 Å². The lowest BCUT2D eigenvalue weighted by molar-refractivity contribution is -0.184. The fourth-order valence-corrected chi connectivity index (χ4v) is 1.51. The summed E-state index contributed by atoms with van der Waals surface area (Å²) in [6, 6.07) is 0. The van der Waals surface area contributed by atoms with Crippen molar-refractivity contribution in [3.8, 4) is 0 Å². The lowest BCUT2D eigenvalue weighted by Crippen LogP contribution is -2.25. The summed E-state index contributed by atoms with van der Waals surface area (Å²) in [6.07, 6.45) is 0.425. The smallest absolute Gasteiger partial charge is 0.330 e. The van der Waals surface area contributed by atoms with Crippen molar-refractivity contribution >= 4 is 17.7 Å². The van der Waals surface area contributed by atoms with Crippen molar-refractivity contribution in [3.63, 3.8) is 0 Å². The largest absolute Gasteiger partial charge is 0.334 e. The molecule has 1 rings (SSSR count). The van der Waals surface area contributed by atoms with Crippen molar-refractivity contribution in [1.82, 2.24) is 5.06 Å². The van der Waals surface area contributed by atoms with E-state index in [0.29, 0.717) is 5.70 Å². The van der Waals surface area contributed by atoms with Gasteiger partial charge in [0, 0.05) is 25.7 Å². The third-order valence-corrected chi connectivity index (χ3v) is 2.13. The maximum atomic E-state index is 11.4. The van der Waals surface area contributed by atoms with E-state index >= 15 is 0 Å². The van der Waals surface area contributed by atoms with Crippen LogP contribution in [0, 0.1) is 5.92 Å². The van der Waals surface area contributed by atoms with E-state index in [1.807, 2.05) is 0 Å². The van der Waals surface area contributed by atoms with Gasteiger partial charge in [-0.05, 0) is 6.92 Å². The first-order valence-electron chi connectivity index (χ1n) is 4.61. The molecule has 0 bridgehead atoms. The van der Waals surface area contributed by atoms with E-state index in [1.54, 1.807) is 0 Å². The quantitative estimate of drug-likeness (QED) is 0.692. The summed E-state index contributed by atoms with van der Waals surface area (Å²) in [5.41, 5.74) is 0.380. The van der Waals surface area contributed by atoms with Crippen molar-refractivity contribution in [3.05, 3.63) is 12.3 Å². The van der Waals surface area contributed by atoms with Gasteiger partial charge >= 0.3 is 5.97 Å². The minimum atomic E-state index is -0.576. The fraction of sp³-hybridized carbons (Fsp3) is 0.500. The molecule has 1 fully saturated rings. The first kappa shape index (κ1) is 11.4. The number of amides is 1. The van der Waals surface area contributed by atoms with E-state index in [4.69, 9.17) is 0 Å². The zero-order valence-corrected chi connectivity index (χ0v) is 8.78. The average Bonchev–Trinajstić information content (AvgIpc) is 2.31. The highest BCUT2D eigenvalue weighted by atomic mass is 16.7. The van der Waals surface area contributed by atoms with Crippen molar-refractivity contribution in [2.75, 3.05) is 0 Å². The highest BCUT2D eigenvalue weighted by Crippen LogP contribution is 2.30. The van der Waals surface area contributed by atoms with Gasteiger partial charge in [-0.1, -0.05) is 6.58 Å². The van der Waals surface area contributed by atoms with E-state index in [2.05, 4.69) is 11.4 Å². The Balaban J connectivity index is 2.70. The Morgan fingerprint density at radius 1 is 1.53 bits per heavy atom. The van der Waals surface area contributed by atoms with Gasteiger partial charge in [0.1, 0.15) is 5.78 Å². The molecule has 0 aromatic carbocycles. The van der Waals surface area contributed by atoms with Gasteiger partial charge in [-0.15, -0.1) is 5.06 Å². The van der Waals surface area contributed by atoms with E-state index in [-0.39, 0.29) is 30.4 Å². The van der Waals surface area contributed by atoms with E-state index < -0.39 is 5.97 Å². The third kappa shape index (κ3) is 2.65. The zero-order valence-electron chi connectivity index (χ0n) is 8.78. The number of carbonyl (C=O) groups is 3. The van der Waals surface area contributed by atoms with Crippen LogP contribution in [0.25, 0.3) is 0 Å². The van der Waals surface area contributed by atoms with Crippen LogP contribution < -0.4 is 0 Å². The maximum absolute atomic E-state index is 11.4. The second-order valence-electron chi connectivity index (χ2n) is 3.57. The highest BCUT2D eigenvalue weighted by Gasteiger charge is 2.36. The SMILES string of the molecule is C=C1C(CC(C)=O)CC(=O)N1OC(C)=O. The van der Waals surface area contributed by atoms with Crippen LogP contribution in [0.4, 0.5) is 0 Å². The molecule has 0 radical (unpaired) electrons. The zero-order chi connectivity index (χ0) is 11.6. The number of carbonyl (C=O) groups excluding carboxylic acids is 3. The van der Waals surface area contributed by atoms with Crippen LogP contribution in [-0.4, -0.2) is 22.7 Å². The van der Waals surface area contributed by atoms with Gasteiger partial charge in [-0.2, -0.15) is 0 Å². The van der Waals surface area contributed by atoms with E-state index in [9.17, 15) is 14.4 Å². The number of nitrogens with zero attached hydrogens (tertiary/aromatic N) is 1. The Kier molecular flexibility index (Phi) is 3.24. The molecule has 1 heterocycles. The molecule has 1 aliphatic rings. The van der Waals surface area contributed by atoms with Crippen LogP contribution in [0.1, 0.15) is 26.7 Å². The molecule has 15 heavy (non-hydrogen) atoms. The predicted molar refractivity (Wildman–Crippen MR) is 51.2 cm³/mol. The van der Waals surface area contributed by atoms with Gasteiger partial charge in [0.2, 0.25) is 0 Å². The van der Waals surface area contributed by atoms with Gasteiger partial charge in [-0.3, -0.25) is 4.79 Å². The maximum Gasteiger partial charge on any atom is 0.330 e. The van der Waals surface area contributed by atoms with Crippen molar-refractivity contribution in [1.29, 1.82) is 0 Å². The van der Waals surface area contributed by atoms with Crippen molar-refractivity contribution in [2.45, 2.75) is 26.7 Å². The van der Waals surface area contributed by atoms with Crippen molar-refractivity contribution < 1.29 is 19.2 Å². The molecule has 0 aliphatic carbocycles. The normalized spacial score (nSPS) is 20.7. The molecule has 1 unspecified atom stereocenters. The summed E-state index contributed by atoms with van der Waals surface area (Å²) in [5, 5.41) is 0.885. The number of hydrogen-bond acceptors (Lipinski definition) is 4. The first-order chi connectivity index (χ1) is 6.91. The van der Waals surface area contributed by atoms with E-state index in [1.165, 1.54) is 13.8 Å². The fourth-order valence-electron chi connectivity index (χ4n) is 1.51. The van der Waals surface area contributed by atoms with E-state index in [0.717, 1.165) is 5.06 Å². The molecule has 1 saturated heterocycles. The summed E-state index contributed by atoms with van der Waals surface area (Å²) < 4.78 is 0. The molecule has 0 N–H and O–H groups in total. The molecule has 5 nitrogen and oxygen atoms in total. The molecule has 1 aliphatic heterocycles. The molecule has 1 atom stereocenters. The number of rotatable bonds is 3. The Labute approximate surface area is 87.6 Å². The molecule has 0 aromatic heterocycles. The first-order valence-corrected chi connectivity index (χ1v) is 4.61. The van der Waals surface area contributed by atoms with Gasteiger partial charge in [0.25, 0.3) is 5.91 Å². The molecule has 5 heteroatoms. The van der Waals surface area contributed by atoms with Crippen LogP contribution >= 0.6 is 0 Å². The topological polar surface area (TPSA) is 63.7 Å². The number of hydrogen-bond donors (Lipinski definition) is 0. The Morgan fingerprint density at radius 3 is 2.60 bits per heavy atom. The van der Waals surface area contributed by atoms with Crippen LogP contribution in [0.3, 0.4) is 0 Å². The molecular weight excluding hydrogens is 198 g/mol. The summed E-state index contributed by atoms with van der Waals surface area (Å²) >= 11 is 0. The van der Waals surface area contributed by atoms with Crippen LogP contribution in [0.2, 0.25) is 0 Å². The predicted octanol–water partition coefficient (Wildman–Crippen LogP) is 0.806. The summed E-state index contributed by atoms with van der Waals surface area (Å²) in [7, 11) is 0. The van der Waals surface area contributed by atoms with Gasteiger partial charge in [0.15, 0.2) is 0 Å². The summed E-state index contributed by atoms with van der Waals surface area (Å²) in [6.45, 7) is 6.31. The molecular formula is C10H13NO4. The lowest BCUT2D eigenvalue weighted by atomic mass is 10.00. The second kappa shape index (κ2) is 4.25. The van der Waals surface area contributed by atoms with Crippen LogP contribution in [0.5, 0.6) is 0 Å². The highest BCUT2D eigenvalue weighted by molar-refractivity contribution is 5.84. The number of allylic oxidation sites excluding steroid dienone is 1. The third-order valence-electron chi connectivity index (χ3n) is 2.13. The standard InChI is InChI=1S/C10H13NO4/c1-6(12)4-9-5-10(14)11(7(9)2)15-8(3)13/h9H,2,4-5H2,1,3H3. The monoisotopic (exact) mass is 211 g/mol. The Morgan fingerprint density at radius 2 is 2.13 bits per heavy atom. The molecule has 0 aromatic rings. The Hall–Kier alpha value is -1.65. The second-order valence-corrected chi connectivity index (χ2v) is 3.57. The molecule has 1 amide bonds. The number of hydroxylamine groups is 2. The van der Waals surface area contributed by atoms with Gasteiger partial charge in [-0.25, -0.2) is 4.79 Å². The Bertz CT molecular complexity index is 334. The molecule has 82 valence electrons. The van der Waals surface area contributed by atoms with Crippen LogP contribution in [-0.2, 0) is 19.2 Å². The number of ketones is 1. The minimum Gasteiger partial charge on any atom is -0.334 e. The van der Waals surface area contributed by atoms with Crippen LogP contribution in [0.15, 0.2) is 12.3 Å². The van der Waals surface area contributed by atoms with Gasteiger partial charge in [0.05, 0.1) is 5.70 Å². The number of Topliss-reactive ketones (excluding diaryl/α,β-unsaturated/α-hetero) is 1. The summed E-state index contributed by atoms with van der Waals surface area (Å²) in [4.78, 5) is 37.7. The minimum absolute atomic E-state index is 0.0152. The molecule has 0 spiro atoms. The molecule has 0 saturated carbocycles. The average molecular weight is 211 g/mol. The van der Waals surface area contributed by atoms with Gasteiger partial charge < -0.3 is 9.63 Å².